The summed E-state index contributed by atoms with van der Waals surface area (Å²) in [4.78, 5) is 21.1. The minimum atomic E-state index is -1.19. The van der Waals surface area contributed by atoms with Crippen LogP contribution in [0.25, 0.3) is 0 Å². The quantitative estimate of drug-likeness (QED) is 0.681. The van der Waals surface area contributed by atoms with E-state index in [4.69, 9.17) is 5.11 Å². The maximum absolute atomic E-state index is 11.0. The Morgan fingerprint density at radius 3 is 2.53 bits per heavy atom. The van der Waals surface area contributed by atoms with Crippen molar-refractivity contribution in [2.75, 3.05) is 0 Å². The average Bonchev–Trinajstić information content (AvgIpc) is 2.25. The Kier molecular flexibility index (Phi) is 4.15. The van der Waals surface area contributed by atoms with Crippen LogP contribution in [0.4, 0.5) is 4.79 Å². The summed E-state index contributed by atoms with van der Waals surface area (Å²) < 4.78 is 0. The molecular formula is C10H11N2O3. The lowest BCUT2D eigenvalue weighted by Gasteiger charge is -2.04. The number of nitrogens with one attached hydrogen (secondary N) is 2. The monoisotopic (exact) mass is 207 g/mol. The van der Waals surface area contributed by atoms with Crippen molar-refractivity contribution in [2.24, 2.45) is 0 Å². The summed E-state index contributed by atoms with van der Waals surface area (Å²) in [5.74, 6) is -1.19. The Morgan fingerprint density at radius 1 is 1.27 bits per heavy atom. The van der Waals surface area contributed by atoms with Crippen molar-refractivity contribution in [1.29, 1.82) is 0 Å². The van der Waals surface area contributed by atoms with Crippen LogP contribution in [-0.2, 0) is 11.3 Å². The summed E-state index contributed by atoms with van der Waals surface area (Å²) in [6, 6.07) is 8.78. The molecule has 0 fully saturated rings. The average molecular weight is 207 g/mol. The molecule has 0 aliphatic rings. The lowest BCUT2D eigenvalue weighted by atomic mass is 10.2. The first-order valence-corrected chi connectivity index (χ1v) is 4.33. The van der Waals surface area contributed by atoms with Crippen LogP contribution in [-0.4, -0.2) is 17.1 Å². The van der Waals surface area contributed by atoms with Crippen molar-refractivity contribution in [2.45, 2.75) is 6.54 Å². The van der Waals surface area contributed by atoms with Gasteiger partial charge in [0.1, 0.15) is 0 Å². The van der Waals surface area contributed by atoms with Gasteiger partial charge in [-0.05, 0) is 5.56 Å². The van der Waals surface area contributed by atoms with E-state index in [1.807, 2.05) is 30.3 Å². The molecule has 1 aromatic carbocycles. The van der Waals surface area contributed by atoms with Crippen LogP contribution in [0.1, 0.15) is 5.56 Å². The fourth-order valence-corrected chi connectivity index (χ4v) is 0.957. The van der Waals surface area contributed by atoms with Gasteiger partial charge in [0.15, 0.2) is 6.54 Å². The van der Waals surface area contributed by atoms with Crippen LogP contribution in [0.15, 0.2) is 30.3 Å². The number of hydrogen-bond acceptors (Lipinski definition) is 2. The van der Waals surface area contributed by atoms with Crippen molar-refractivity contribution in [1.82, 2.24) is 10.6 Å². The van der Waals surface area contributed by atoms with Crippen molar-refractivity contribution >= 4 is 12.0 Å². The fraction of sp³-hybridized carbons (Fsp3) is 0.100. The maximum atomic E-state index is 11.0. The molecule has 5 heteroatoms. The lowest BCUT2D eigenvalue weighted by molar-refractivity contribution is -0.133. The third-order valence-corrected chi connectivity index (χ3v) is 1.62. The maximum Gasteiger partial charge on any atom is 0.329 e. The lowest BCUT2D eigenvalue weighted by Crippen LogP contribution is -2.35. The second kappa shape index (κ2) is 5.64. The number of hydrogen-bond donors (Lipinski definition) is 3. The van der Waals surface area contributed by atoms with Gasteiger partial charge in [-0.3, -0.25) is 0 Å². The number of carboxylic acids is 1. The highest BCUT2D eigenvalue weighted by Gasteiger charge is 2.02. The summed E-state index contributed by atoms with van der Waals surface area (Å²) in [5, 5.41) is 12.8. The van der Waals surface area contributed by atoms with Gasteiger partial charge in [0.05, 0.1) is 0 Å². The van der Waals surface area contributed by atoms with Crippen LogP contribution in [0, 0.1) is 6.54 Å². The van der Waals surface area contributed by atoms with E-state index in [9.17, 15) is 9.59 Å². The molecule has 15 heavy (non-hydrogen) atoms. The van der Waals surface area contributed by atoms with Crippen LogP contribution in [0.3, 0.4) is 0 Å². The second-order valence-corrected chi connectivity index (χ2v) is 2.80. The molecule has 5 nitrogen and oxygen atoms in total. The minimum absolute atomic E-state index is 0.361. The number of urea groups is 1. The number of amides is 2. The third-order valence-electron chi connectivity index (χ3n) is 1.62. The van der Waals surface area contributed by atoms with Crippen LogP contribution in [0.2, 0.25) is 0 Å². The van der Waals surface area contributed by atoms with E-state index in [0.29, 0.717) is 13.1 Å². The molecule has 0 saturated heterocycles. The first-order chi connectivity index (χ1) is 7.18. The predicted molar refractivity (Wildman–Crippen MR) is 53.7 cm³/mol. The predicted octanol–water partition coefficient (Wildman–Crippen LogP) is 0.732. The van der Waals surface area contributed by atoms with E-state index in [1.54, 1.807) is 0 Å². The Hall–Kier alpha value is -2.04. The smallest absolute Gasteiger partial charge is 0.329 e. The molecule has 3 N–H and O–H groups in total. The molecule has 1 rings (SSSR count). The van der Waals surface area contributed by atoms with Gasteiger partial charge in [-0.1, -0.05) is 30.3 Å². The number of rotatable bonds is 4. The zero-order valence-corrected chi connectivity index (χ0v) is 7.93. The van der Waals surface area contributed by atoms with Crippen molar-refractivity contribution in [3.63, 3.8) is 0 Å². The third kappa shape index (κ3) is 4.66. The molecule has 0 spiro atoms. The molecule has 0 aromatic heterocycles. The Labute approximate surface area is 87.1 Å². The van der Waals surface area contributed by atoms with Crippen LogP contribution < -0.4 is 10.6 Å². The van der Waals surface area contributed by atoms with Gasteiger partial charge < -0.3 is 15.7 Å². The summed E-state index contributed by atoms with van der Waals surface area (Å²) in [6.45, 7) is 1.04. The van der Waals surface area contributed by atoms with Gasteiger partial charge in [-0.2, -0.15) is 0 Å². The Balaban J connectivity index is 2.26. The molecular weight excluding hydrogens is 196 g/mol. The standard InChI is InChI=1S/C10H11N2O3/c13-9(14)7-12-10(15)11-6-8-4-2-1-3-5-8/h1-5,7H,6H2,(H,13,14)(H2,11,12,15). The Morgan fingerprint density at radius 2 is 1.93 bits per heavy atom. The van der Waals surface area contributed by atoms with E-state index in [1.165, 1.54) is 0 Å². The summed E-state index contributed by atoms with van der Waals surface area (Å²) >= 11 is 0. The van der Waals surface area contributed by atoms with E-state index in [2.05, 4.69) is 10.6 Å². The summed E-state index contributed by atoms with van der Waals surface area (Å²) in [6.07, 6.45) is 0. The molecule has 0 unspecified atom stereocenters. The molecule has 0 bridgehead atoms. The zero-order valence-electron chi connectivity index (χ0n) is 7.93. The van der Waals surface area contributed by atoms with Gasteiger partial charge in [0.25, 0.3) is 0 Å². The fourth-order valence-electron chi connectivity index (χ4n) is 0.957. The number of benzene rings is 1. The number of aliphatic carboxylic acids is 1. The SMILES string of the molecule is O=C(O)[CH]NC(=O)NCc1ccccc1. The molecule has 1 radical (unpaired) electrons. The Bertz CT molecular complexity index is 338. The normalized spacial score (nSPS) is 9.33. The van der Waals surface area contributed by atoms with Gasteiger partial charge in [0, 0.05) is 6.54 Å². The van der Waals surface area contributed by atoms with Gasteiger partial charge in [0.2, 0.25) is 0 Å². The highest BCUT2D eigenvalue weighted by Crippen LogP contribution is 1.96. The minimum Gasteiger partial charge on any atom is -0.480 e. The highest BCUT2D eigenvalue weighted by molar-refractivity contribution is 5.84. The van der Waals surface area contributed by atoms with Crippen LogP contribution >= 0.6 is 0 Å². The number of carbonyl (C=O) groups is 2. The molecule has 0 aliphatic heterocycles. The first kappa shape index (κ1) is 11.0. The van der Waals surface area contributed by atoms with Crippen molar-refractivity contribution in [3.8, 4) is 0 Å². The van der Waals surface area contributed by atoms with E-state index >= 15 is 0 Å². The molecule has 0 heterocycles. The molecule has 0 saturated carbocycles. The highest BCUT2D eigenvalue weighted by atomic mass is 16.4. The molecule has 2 amide bonds. The number of carboxylic acid groups (broad SMARTS) is 1. The van der Waals surface area contributed by atoms with E-state index in [-0.39, 0.29) is 0 Å². The summed E-state index contributed by atoms with van der Waals surface area (Å²) in [7, 11) is 0. The second-order valence-electron chi connectivity index (χ2n) is 2.80. The van der Waals surface area contributed by atoms with Gasteiger partial charge in [-0.15, -0.1) is 0 Å². The molecule has 0 atom stereocenters. The molecule has 0 aliphatic carbocycles. The zero-order chi connectivity index (χ0) is 11.1. The summed E-state index contributed by atoms with van der Waals surface area (Å²) in [5.41, 5.74) is 0.947. The van der Waals surface area contributed by atoms with E-state index < -0.39 is 12.0 Å². The largest absolute Gasteiger partial charge is 0.480 e. The topological polar surface area (TPSA) is 78.4 Å². The molecule has 79 valence electrons. The van der Waals surface area contributed by atoms with E-state index in [0.717, 1.165) is 5.56 Å². The van der Waals surface area contributed by atoms with Gasteiger partial charge >= 0.3 is 12.0 Å². The van der Waals surface area contributed by atoms with Crippen molar-refractivity contribution in [3.05, 3.63) is 42.4 Å². The molecule has 1 aromatic rings. The van der Waals surface area contributed by atoms with Crippen molar-refractivity contribution < 1.29 is 14.7 Å². The first-order valence-electron chi connectivity index (χ1n) is 4.33. The van der Waals surface area contributed by atoms with Crippen LogP contribution in [0.5, 0.6) is 0 Å². The van der Waals surface area contributed by atoms with Gasteiger partial charge in [-0.25, -0.2) is 9.59 Å². The number of carbonyl (C=O) groups excluding carboxylic acids is 1.